The largest absolute Gasteiger partial charge is 0.392 e. The summed E-state index contributed by atoms with van der Waals surface area (Å²) in [5, 5.41) is 9.50. The summed E-state index contributed by atoms with van der Waals surface area (Å²) in [6.07, 6.45) is 2.47. The van der Waals surface area contributed by atoms with Gasteiger partial charge in [-0.2, -0.15) is 0 Å². The Labute approximate surface area is 124 Å². The van der Waals surface area contributed by atoms with Crippen molar-refractivity contribution < 1.29 is 18.3 Å². The fourth-order valence-electron chi connectivity index (χ4n) is 2.45. The molecule has 2 rings (SSSR count). The van der Waals surface area contributed by atoms with Gasteiger partial charge in [-0.3, -0.25) is 0 Å². The minimum Gasteiger partial charge on any atom is -0.392 e. The molecule has 2 atom stereocenters. The van der Waals surface area contributed by atoms with Crippen LogP contribution < -0.4 is 4.72 Å². The van der Waals surface area contributed by atoms with E-state index < -0.39 is 10.0 Å². The van der Waals surface area contributed by atoms with E-state index in [9.17, 15) is 8.42 Å². The van der Waals surface area contributed by atoms with E-state index in [0.29, 0.717) is 10.6 Å². The van der Waals surface area contributed by atoms with E-state index in [1.54, 1.807) is 7.11 Å². The standard InChI is InChI=1S/C13H18ClNO4S/c1-19-13-4-2-3-12(13)15-20(17,18)10-5-6-11(14)9(7-10)8-16/h5-7,12-13,15-16H,2-4,8H2,1H3. The molecule has 2 N–H and O–H groups in total. The lowest BCUT2D eigenvalue weighted by Gasteiger charge is -2.19. The zero-order valence-corrected chi connectivity index (χ0v) is 12.7. The van der Waals surface area contributed by atoms with Crippen LogP contribution in [0.5, 0.6) is 0 Å². The molecule has 5 nitrogen and oxygen atoms in total. The predicted octanol–water partition coefficient (Wildman–Crippen LogP) is 1.68. The number of ether oxygens (including phenoxy) is 1. The molecule has 2 unspecified atom stereocenters. The van der Waals surface area contributed by atoms with Crippen LogP contribution in [0.1, 0.15) is 24.8 Å². The normalized spacial score (nSPS) is 23.1. The fourth-order valence-corrected chi connectivity index (χ4v) is 3.98. The van der Waals surface area contributed by atoms with E-state index >= 15 is 0 Å². The van der Waals surface area contributed by atoms with E-state index in [-0.39, 0.29) is 23.6 Å². The quantitative estimate of drug-likeness (QED) is 0.866. The number of aliphatic hydroxyl groups excluding tert-OH is 1. The molecule has 0 aliphatic heterocycles. The molecule has 0 amide bonds. The Morgan fingerprint density at radius 1 is 1.45 bits per heavy atom. The molecule has 7 heteroatoms. The van der Waals surface area contributed by atoms with Crippen molar-refractivity contribution >= 4 is 21.6 Å². The van der Waals surface area contributed by atoms with Crippen LogP contribution in [0.2, 0.25) is 5.02 Å². The molecule has 1 fully saturated rings. The van der Waals surface area contributed by atoms with E-state index in [2.05, 4.69) is 4.72 Å². The molecule has 0 heterocycles. The molecule has 0 bridgehead atoms. The Hall–Kier alpha value is -0.660. The maximum atomic E-state index is 12.3. The zero-order chi connectivity index (χ0) is 14.8. The number of sulfonamides is 1. The first kappa shape index (κ1) is 15.7. The number of hydrogen-bond donors (Lipinski definition) is 2. The number of rotatable bonds is 5. The molecule has 0 aromatic heterocycles. The summed E-state index contributed by atoms with van der Waals surface area (Å²) in [5.41, 5.74) is 0.393. The molecule has 0 spiro atoms. The van der Waals surface area contributed by atoms with Crippen LogP contribution in [-0.4, -0.2) is 32.8 Å². The third-order valence-electron chi connectivity index (χ3n) is 3.56. The summed E-state index contributed by atoms with van der Waals surface area (Å²) in [6.45, 7) is -0.299. The van der Waals surface area contributed by atoms with E-state index in [0.717, 1.165) is 19.3 Å². The Morgan fingerprint density at radius 2 is 2.20 bits per heavy atom. The van der Waals surface area contributed by atoms with Crippen molar-refractivity contribution in [3.8, 4) is 0 Å². The maximum absolute atomic E-state index is 12.3. The highest BCUT2D eigenvalue weighted by Gasteiger charge is 2.31. The summed E-state index contributed by atoms with van der Waals surface area (Å²) in [4.78, 5) is 0.104. The average molecular weight is 320 g/mol. The maximum Gasteiger partial charge on any atom is 0.240 e. The number of aliphatic hydroxyl groups is 1. The molecule has 1 aliphatic carbocycles. The van der Waals surface area contributed by atoms with Crippen molar-refractivity contribution in [3.63, 3.8) is 0 Å². The van der Waals surface area contributed by atoms with Crippen LogP contribution in [0.15, 0.2) is 23.1 Å². The monoisotopic (exact) mass is 319 g/mol. The highest BCUT2D eigenvalue weighted by Crippen LogP contribution is 2.25. The molecule has 112 valence electrons. The van der Waals surface area contributed by atoms with Gasteiger partial charge in [0, 0.05) is 18.2 Å². The second-order valence-corrected chi connectivity index (χ2v) is 6.97. The Bertz CT molecular complexity index is 576. The molecule has 1 aromatic rings. The molecule has 1 aromatic carbocycles. The van der Waals surface area contributed by atoms with Gasteiger partial charge in [-0.25, -0.2) is 13.1 Å². The van der Waals surface area contributed by atoms with Crippen LogP contribution in [0.3, 0.4) is 0 Å². The number of methoxy groups -OCH3 is 1. The zero-order valence-electron chi connectivity index (χ0n) is 11.2. The average Bonchev–Trinajstić information content (AvgIpc) is 2.85. The van der Waals surface area contributed by atoms with Gasteiger partial charge in [-0.05, 0) is 43.0 Å². The van der Waals surface area contributed by atoms with Gasteiger partial charge < -0.3 is 9.84 Å². The fraction of sp³-hybridized carbons (Fsp3) is 0.538. The Kier molecular flexibility index (Phi) is 5.04. The van der Waals surface area contributed by atoms with Gasteiger partial charge in [0.1, 0.15) is 0 Å². The van der Waals surface area contributed by atoms with Gasteiger partial charge in [-0.1, -0.05) is 11.6 Å². The highest BCUT2D eigenvalue weighted by atomic mass is 35.5. The van der Waals surface area contributed by atoms with Gasteiger partial charge in [0.15, 0.2) is 0 Å². The second kappa shape index (κ2) is 6.41. The van der Waals surface area contributed by atoms with Crippen molar-refractivity contribution in [1.29, 1.82) is 0 Å². The van der Waals surface area contributed by atoms with Gasteiger partial charge in [0.05, 0.1) is 17.6 Å². The van der Waals surface area contributed by atoms with Gasteiger partial charge in [-0.15, -0.1) is 0 Å². The Morgan fingerprint density at radius 3 is 2.85 bits per heavy atom. The molecular formula is C13H18ClNO4S. The van der Waals surface area contributed by atoms with E-state index in [1.165, 1.54) is 18.2 Å². The van der Waals surface area contributed by atoms with Crippen molar-refractivity contribution in [2.45, 2.75) is 42.9 Å². The first-order valence-corrected chi connectivity index (χ1v) is 8.28. The number of benzene rings is 1. The molecule has 1 saturated carbocycles. The van der Waals surface area contributed by atoms with E-state index in [4.69, 9.17) is 21.4 Å². The SMILES string of the molecule is COC1CCCC1NS(=O)(=O)c1ccc(Cl)c(CO)c1. The summed E-state index contributed by atoms with van der Waals surface area (Å²) < 4.78 is 32.6. The lowest BCUT2D eigenvalue weighted by Crippen LogP contribution is -2.40. The molecule has 1 aliphatic rings. The van der Waals surface area contributed by atoms with Crippen molar-refractivity contribution in [2.75, 3.05) is 7.11 Å². The first-order chi connectivity index (χ1) is 9.47. The minimum atomic E-state index is -3.64. The van der Waals surface area contributed by atoms with Gasteiger partial charge in [0.2, 0.25) is 10.0 Å². The number of halogens is 1. The molecule has 0 saturated heterocycles. The van der Waals surface area contributed by atoms with Crippen molar-refractivity contribution in [2.24, 2.45) is 0 Å². The van der Waals surface area contributed by atoms with Crippen molar-refractivity contribution in [1.82, 2.24) is 4.72 Å². The topological polar surface area (TPSA) is 75.6 Å². The summed E-state index contributed by atoms with van der Waals surface area (Å²) in [7, 11) is -2.05. The van der Waals surface area contributed by atoms with Crippen LogP contribution >= 0.6 is 11.6 Å². The van der Waals surface area contributed by atoms with Crippen LogP contribution in [0.4, 0.5) is 0 Å². The number of nitrogens with one attached hydrogen (secondary N) is 1. The van der Waals surface area contributed by atoms with Crippen LogP contribution in [0, 0.1) is 0 Å². The van der Waals surface area contributed by atoms with E-state index in [1.807, 2.05) is 0 Å². The summed E-state index contributed by atoms with van der Waals surface area (Å²) >= 11 is 5.87. The molecule has 20 heavy (non-hydrogen) atoms. The smallest absolute Gasteiger partial charge is 0.240 e. The van der Waals surface area contributed by atoms with Gasteiger partial charge >= 0.3 is 0 Å². The summed E-state index contributed by atoms with van der Waals surface area (Å²) in [6, 6.07) is 4.09. The lowest BCUT2D eigenvalue weighted by atomic mass is 10.2. The van der Waals surface area contributed by atoms with Gasteiger partial charge in [0.25, 0.3) is 0 Å². The molecular weight excluding hydrogens is 302 g/mol. The second-order valence-electron chi connectivity index (χ2n) is 4.84. The third kappa shape index (κ3) is 3.32. The number of hydrogen-bond acceptors (Lipinski definition) is 4. The van der Waals surface area contributed by atoms with Crippen LogP contribution in [0.25, 0.3) is 0 Å². The Balaban J connectivity index is 2.22. The first-order valence-electron chi connectivity index (χ1n) is 6.42. The summed E-state index contributed by atoms with van der Waals surface area (Å²) in [5.74, 6) is 0. The van der Waals surface area contributed by atoms with Crippen LogP contribution in [-0.2, 0) is 21.4 Å². The van der Waals surface area contributed by atoms with Crippen molar-refractivity contribution in [3.05, 3.63) is 28.8 Å². The highest BCUT2D eigenvalue weighted by molar-refractivity contribution is 7.89. The third-order valence-corrected chi connectivity index (χ3v) is 5.42. The predicted molar refractivity (Wildman–Crippen MR) is 76.1 cm³/mol. The lowest BCUT2D eigenvalue weighted by molar-refractivity contribution is 0.0916. The molecule has 0 radical (unpaired) electrons. The minimum absolute atomic E-state index is 0.0885.